The molecule has 0 aromatic rings. The Morgan fingerprint density at radius 1 is 1.83 bits per heavy atom. The summed E-state index contributed by atoms with van der Waals surface area (Å²) in [6.07, 6.45) is 1.33. The quantitative estimate of drug-likeness (QED) is 0.417. The van der Waals surface area contributed by atoms with Crippen LogP contribution in [0.1, 0.15) is 20.3 Å². The zero-order valence-corrected chi connectivity index (χ0v) is 4.99. The lowest BCUT2D eigenvalue weighted by Crippen LogP contribution is -1.95. The Bertz CT molecular complexity index is 24.7. The molecule has 0 aliphatic rings. The average molecular weight is 81.8 g/mol. The molecule has 0 nitrogen and oxygen atoms in total. The maximum Gasteiger partial charge on any atom is 0.0857 e. The minimum absolute atomic E-state index is 0.935. The highest BCUT2D eigenvalue weighted by atomic mass is 13.8. The van der Waals surface area contributed by atoms with Crippen molar-refractivity contribution in [2.75, 3.05) is 0 Å². The van der Waals surface area contributed by atoms with Crippen LogP contribution in [-0.4, -0.2) is 14.9 Å². The van der Waals surface area contributed by atoms with Crippen LogP contribution in [0.3, 0.4) is 0 Å². The van der Waals surface area contributed by atoms with Crippen molar-refractivity contribution in [3.05, 3.63) is 0 Å². The molecule has 2 heteroatoms. The molecule has 0 aromatic heterocycles. The average Bonchev–Trinajstić information content (AvgIpc) is 1.65. The van der Waals surface area contributed by atoms with E-state index in [0.717, 1.165) is 5.82 Å². The number of hydrogen-bond donors (Lipinski definition) is 0. The molecule has 0 saturated carbocycles. The van der Waals surface area contributed by atoms with Crippen LogP contribution < -0.4 is 0 Å². The van der Waals surface area contributed by atoms with Gasteiger partial charge in [0, 0.05) is 0 Å². The second-order valence-electron chi connectivity index (χ2n) is 1.92. The fraction of sp³-hybridized carbons (Fsp3) is 1.00. The first-order valence-electron chi connectivity index (χ1n) is 2.81. The van der Waals surface area contributed by atoms with Crippen LogP contribution in [0, 0.1) is 0 Å². The molecule has 6 heavy (non-hydrogen) atoms. The van der Waals surface area contributed by atoms with E-state index in [1.807, 2.05) is 0 Å². The molecule has 34 valence electrons. The summed E-state index contributed by atoms with van der Waals surface area (Å²) in [6.45, 7) is 4.51. The van der Waals surface area contributed by atoms with Crippen molar-refractivity contribution >= 4 is 14.9 Å². The fourth-order valence-corrected chi connectivity index (χ4v) is 0.289. The first-order valence-corrected chi connectivity index (χ1v) is 2.81. The minimum atomic E-state index is 0.935. The summed E-state index contributed by atoms with van der Waals surface area (Å²) in [6, 6.07) is 0. The van der Waals surface area contributed by atoms with Gasteiger partial charge in [-0.15, -0.1) is 0 Å². The molecule has 0 bridgehead atoms. The lowest BCUT2D eigenvalue weighted by atomic mass is 9.47. The molecule has 0 amide bonds. The van der Waals surface area contributed by atoms with Crippen LogP contribution in [0.5, 0.6) is 0 Å². The SMILES string of the molecule is BBC(C)CC. The van der Waals surface area contributed by atoms with Crippen LogP contribution >= 0.6 is 0 Å². The van der Waals surface area contributed by atoms with E-state index >= 15 is 0 Å². The van der Waals surface area contributed by atoms with E-state index in [2.05, 4.69) is 21.6 Å². The van der Waals surface area contributed by atoms with E-state index in [0.29, 0.717) is 0 Å². The van der Waals surface area contributed by atoms with Crippen LogP contribution in [0.15, 0.2) is 0 Å². The van der Waals surface area contributed by atoms with Crippen LogP contribution in [0.25, 0.3) is 0 Å². The van der Waals surface area contributed by atoms with Crippen molar-refractivity contribution in [1.82, 2.24) is 0 Å². The van der Waals surface area contributed by atoms with Gasteiger partial charge >= 0.3 is 0 Å². The maximum absolute atomic E-state index is 2.28. The number of hydrogen-bond acceptors (Lipinski definition) is 0. The Labute approximate surface area is 42.0 Å². The highest BCUT2D eigenvalue weighted by Gasteiger charge is 1.91. The molecular weight excluding hydrogens is 69.7 g/mol. The Hall–Kier alpha value is 0.130. The molecule has 0 aromatic carbocycles. The van der Waals surface area contributed by atoms with Crippen LogP contribution in [0.4, 0.5) is 0 Å². The molecule has 0 heterocycles. The van der Waals surface area contributed by atoms with Crippen molar-refractivity contribution < 1.29 is 0 Å². The van der Waals surface area contributed by atoms with Crippen molar-refractivity contribution in [2.24, 2.45) is 0 Å². The van der Waals surface area contributed by atoms with E-state index in [4.69, 9.17) is 0 Å². The Morgan fingerprint density at radius 2 is 2.33 bits per heavy atom. The van der Waals surface area contributed by atoms with E-state index in [9.17, 15) is 0 Å². The third-order valence-corrected chi connectivity index (χ3v) is 1.39. The third-order valence-electron chi connectivity index (χ3n) is 1.39. The zero-order chi connectivity index (χ0) is 4.99. The van der Waals surface area contributed by atoms with Crippen molar-refractivity contribution in [3.8, 4) is 0 Å². The normalized spacial score (nSPS) is 13.7. The van der Waals surface area contributed by atoms with E-state index < -0.39 is 0 Å². The van der Waals surface area contributed by atoms with Gasteiger partial charge < -0.3 is 0 Å². The summed E-state index contributed by atoms with van der Waals surface area (Å²) in [7, 11) is 3.56. The van der Waals surface area contributed by atoms with E-state index in [-0.39, 0.29) is 0 Å². The van der Waals surface area contributed by atoms with Crippen LogP contribution in [0.2, 0.25) is 5.82 Å². The summed E-state index contributed by atoms with van der Waals surface area (Å²) in [5.41, 5.74) is 0. The molecule has 0 N–H and O–H groups in total. The topological polar surface area (TPSA) is 0 Å². The molecule has 1 unspecified atom stereocenters. The first kappa shape index (κ1) is 6.13. The Morgan fingerprint density at radius 3 is 2.33 bits per heavy atom. The molecule has 0 spiro atoms. The van der Waals surface area contributed by atoms with Gasteiger partial charge in [-0.1, -0.05) is 26.1 Å². The second-order valence-corrected chi connectivity index (χ2v) is 1.92. The van der Waals surface area contributed by atoms with Gasteiger partial charge in [-0.3, -0.25) is 0 Å². The highest BCUT2D eigenvalue weighted by Crippen LogP contribution is 2.01. The Kier molecular flexibility index (Phi) is 3.40. The standard InChI is InChI=1S/C4H12B2/c1-3-4(2)6-5/h4,6H,3,5H2,1-2H3. The molecular formula is C4H12B2. The van der Waals surface area contributed by atoms with E-state index in [1.165, 1.54) is 13.6 Å². The highest BCUT2D eigenvalue weighted by molar-refractivity contribution is 6.90. The summed E-state index contributed by atoms with van der Waals surface area (Å²) in [4.78, 5) is 0. The smallest absolute Gasteiger partial charge is 0.0767 e. The predicted octanol–water partition coefficient (Wildman–Crippen LogP) is 0.189. The van der Waals surface area contributed by atoms with Crippen molar-refractivity contribution in [2.45, 2.75) is 26.1 Å². The zero-order valence-electron chi connectivity index (χ0n) is 4.99. The fourth-order valence-electron chi connectivity index (χ4n) is 0.289. The summed E-state index contributed by atoms with van der Waals surface area (Å²) >= 11 is 0. The van der Waals surface area contributed by atoms with Gasteiger partial charge in [0.05, 0.1) is 14.9 Å². The van der Waals surface area contributed by atoms with Crippen molar-refractivity contribution in [1.29, 1.82) is 0 Å². The molecule has 1 atom stereocenters. The maximum atomic E-state index is 2.28. The van der Waals surface area contributed by atoms with Crippen molar-refractivity contribution in [3.63, 3.8) is 0 Å². The molecule has 0 aliphatic carbocycles. The molecule has 0 saturated heterocycles. The van der Waals surface area contributed by atoms with Gasteiger partial charge in [-0.25, -0.2) is 0 Å². The minimum Gasteiger partial charge on any atom is -0.0767 e. The molecule has 0 fully saturated rings. The van der Waals surface area contributed by atoms with Gasteiger partial charge in [0.25, 0.3) is 0 Å². The summed E-state index contributed by atoms with van der Waals surface area (Å²) in [5, 5.41) is 0. The van der Waals surface area contributed by atoms with Gasteiger partial charge in [-0.05, 0) is 0 Å². The van der Waals surface area contributed by atoms with E-state index in [1.54, 1.807) is 0 Å². The lowest BCUT2D eigenvalue weighted by Gasteiger charge is -1.97. The summed E-state index contributed by atoms with van der Waals surface area (Å²) in [5.74, 6) is 0.935. The first-order chi connectivity index (χ1) is 2.81. The molecule has 0 rings (SSSR count). The van der Waals surface area contributed by atoms with Gasteiger partial charge in [0.1, 0.15) is 0 Å². The van der Waals surface area contributed by atoms with Gasteiger partial charge in [0.2, 0.25) is 0 Å². The molecule has 0 aliphatic heterocycles. The van der Waals surface area contributed by atoms with Crippen LogP contribution in [-0.2, 0) is 0 Å². The Balaban J connectivity index is 2.75. The second kappa shape index (κ2) is 3.32. The number of rotatable bonds is 2. The monoisotopic (exact) mass is 82.1 g/mol. The summed E-state index contributed by atoms with van der Waals surface area (Å²) < 4.78 is 0. The van der Waals surface area contributed by atoms with Gasteiger partial charge in [-0.2, -0.15) is 0 Å². The largest absolute Gasteiger partial charge is 0.0857 e. The van der Waals surface area contributed by atoms with Gasteiger partial charge in [0.15, 0.2) is 0 Å². The third kappa shape index (κ3) is 2.37. The lowest BCUT2D eigenvalue weighted by molar-refractivity contribution is 0.877. The molecule has 0 radical (unpaired) electrons. The predicted molar refractivity (Wildman–Crippen MR) is 35.4 cm³/mol.